The first-order chi connectivity index (χ1) is 10.1. The van der Waals surface area contributed by atoms with E-state index in [1.54, 1.807) is 0 Å². The molecular weight excluding hydrogens is 266 g/mol. The third-order valence-electron chi connectivity index (χ3n) is 3.80. The SMILES string of the molecule is CC(C)N(CC(=O)N1CCOCC1)Cc1ccc(N)cc1. The summed E-state index contributed by atoms with van der Waals surface area (Å²) in [6.07, 6.45) is 0. The predicted octanol–water partition coefficient (Wildman–Crippen LogP) is 1.34. The van der Waals surface area contributed by atoms with E-state index in [1.165, 1.54) is 5.56 Å². The number of benzene rings is 1. The standard InChI is InChI=1S/C16H25N3O2/c1-13(2)19(11-14-3-5-15(17)6-4-14)12-16(20)18-7-9-21-10-8-18/h3-6,13H,7-12,17H2,1-2H3. The molecular formula is C16H25N3O2. The Labute approximate surface area is 126 Å². The molecule has 0 saturated carbocycles. The largest absolute Gasteiger partial charge is 0.399 e. The van der Waals surface area contributed by atoms with E-state index in [0.717, 1.165) is 12.2 Å². The monoisotopic (exact) mass is 291 g/mol. The first-order valence-corrected chi connectivity index (χ1v) is 7.50. The Morgan fingerprint density at radius 1 is 1.29 bits per heavy atom. The van der Waals surface area contributed by atoms with Crippen LogP contribution >= 0.6 is 0 Å². The van der Waals surface area contributed by atoms with Gasteiger partial charge in [0.1, 0.15) is 0 Å². The molecule has 21 heavy (non-hydrogen) atoms. The number of nitrogens with zero attached hydrogens (tertiary/aromatic N) is 2. The smallest absolute Gasteiger partial charge is 0.236 e. The van der Waals surface area contributed by atoms with Gasteiger partial charge in [-0.25, -0.2) is 0 Å². The molecule has 2 N–H and O–H groups in total. The Morgan fingerprint density at radius 2 is 1.90 bits per heavy atom. The summed E-state index contributed by atoms with van der Waals surface area (Å²) in [5, 5.41) is 0. The normalized spacial score (nSPS) is 15.7. The average Bonchev–Trinajstić information content (AvgIpc) is 2.49. The van der Waals surface area contributed by atoms with Crippen LogP contribution < -0.4 is 5.73 Å². The van der Waals surface area contributed by atoms with E-state index in [4.69, 9.17) is 10.5 Å². The van der Waals surface area contributed by atoms with E-state index in [2.05, 4.69) is 18.7 Å². The number of hydrogen-bond donors (Lipinski definition) is 1. The number of anilines is 1. The molecule has 1 heterocycles. The van der Waals surface area contributed by atoms with E-state index < -0.39 is 0 Å². The quantitative estimate of drug-likeness (QED) is 0.832. The maximum Gasteiger partial charge on any atom is 0.236 e. The van der Waals surface area contributed by atoms with Gasteiger partial charge in [-0.15, -0.1) is 0 Å². The zero-order valence-corrected chi connectivity index (χ0v) is 12.9. The molecule has 0 bridgehead atoms. The fraction of sp³-hybridized carbons (Fsp3) is 0.562. The molecule has 1 saturated heterocycles. The van der Waals surface area contributed by atoms with Crippen molar-refractivity contribution < 1.29 is 9.53 Å². The van der Waals surface area contributed by atoms with E-state index in [0.29, 0.717) is 38.9 Å². The highest BCUT2D eigenvalue weighted by molar-refractivity contribution is 5.78. The van der Waals surface area contributed by atoms with Crippen molar-refractivity contribution in [2.75, 3.05) is 38.6 Å². The molecule has 0 spiro atoms. The van der Waals surface area contributed by atoms with Crippen LogP contribution in [0.15, 0.2) is 24.3 Å². The van der Waals surface area contributed by atoms with Gasteiger partial charge in [-0.1, -0.05) is 12.1 Å². The van der Waals surface area contributed by atoms with Crippen LogP contribution in [-0.4, -0.2) is 54.6 Å². The molecule has 5 heteroatoms. The van der Waals surface area contributed by atoms with Crippen molar-refractivity contribution in [2.24, 2.45) is 0 Å². The summed E-state index contributed by atoms with van der Waals surface area (Å²) in [4.78, 5) is 16.4. The summed E-state index contributed by atoms with van der Waals surface area (Å²) in [5.74, 6) is 0.183. The van der Waals surface area contributed by atoms with Gasteiger partial charge in [0.15, 0.2) is 0 Å². The summed E-state index contributed by atoms with van der Waals surface area (Å²) < 4.78 is 5.29. The second-order valence-electron chi connectivity index (χ2n) is 5.73. The van der Waals surface area contributed by atoms with Crippen molar-refractivity contribution in [1.82, 2.24) is 9.80 Å². The van der Waals surface area contributed by atoms with Crippen LogP contribution in [0.2, 0.25) is 0 Å². The van der Waals surface area contributed by atoms with Crippen molar-refractivity contribution in [3.63, 3.8) is 0 Å². The number of nitrogens with two attached hydrogens (primary N) is 1. The minimum atomic E-state index is 0.183. The number of carbonyl (C=O) groups excluding carboxylic acids is 1. The number of nitrogen functional groups attached to an aromatic ring is 1. The molecule has 0 aliphatic carbocycles. The first kappa shape index (κ1) is 15.8. The van der Waals surface area contributed by atoms with Crippen LogP contribution in [0.3, 0.4) is 0 Å². The first-order valence-electron chi connectivity index (χ1n) is 7.50. The van der Waals surface area contributed by atoms with Gasteiger partial charge in [0.2, 0.25) is 5.91 Å². The lowest BCUT2D eigenvalue weighted by atomic mass is 10.1. The summed E-state index contributed by atoms with van der Waals surface area (Å²) in [6, 6.07) is 8.15. The fourth-order valence-electron chi connectivity index (χ4n) is 2.37. The van der Waals surface area contributed by atoms with Gasteiger partial charge in [0.25, 0.3) is 0 Å². The Balaban J connectivity index is 1.95. The molecule has 1 amide bonds. The topological polar surface area (TPSA) is 58.8 Å². The van der Waals surface area contributed by atoms with Crippen LogP contribution in [-0.2, 0) is 16.1 Å². The lowest BCUT2D eigenvalue weighted by molar-refractivity contribution is -0.137. The molecule has 5 nitrogen and oxygen atoms in total. The van der Waals surface area contributed by atoms with Crippen molar-refractivity contribution in [3.8, 4) is 0 Å². The van der Waals surface area contributed by atoms with E-state index in [1.807, 2.05) is 29.2 Å². The summed E-state index contributed by atoms with van der Waals surface area (Å²) in [7, 11) is 0. The molecule has 0 unspecified atom stereocenters. The van der Waals surface area contributed by atoms with E-state index in [9.17, 15) is 4.79 Å². The molecule has 2 rings (SSSR count). The Hall–Kier alpha value is -1.59. The second kappa shape index (κ2) is 7.43. The number of carbonyl (C=O) groups is 1. The molecule has 1 aromatic rings. The van der Waals surface area contributed by atoms with Crippen molar-refractivity contribution >= 4 is 11.6 Å². The number of rotatable bonds is 5. The second-order valence-corrected chi connectivity index (χ2v) is 5.73. The lowest BCUT2D eigenvalue weighted by Gasteiger charge is -2.31. The van der Waals surface area contributed by atoms with E-state index >= 15 is 0 Å². The van der Waals surface area contributed by atoms with Gasteiger partial charge in [0, 0.05) is 31.4 Å². The number of ether oxygens (including phenoxy) is 1. The van der Waals surface area contributed by atoms with Gasteiger partial charge in [-0.3, -0.25) is 9.69 Å². The third kappa shape index (κ3) is 4.72. The van der Waals surface area contributed by atoms with Gasteiger partial charge < -0.3 is 15.4 Å². The highest BCUT2D eigenvalue weighted by Crippen LogP contribution is 2.11. The van der Waals surface area contributed by atoms with Crippen molar-refractivity contribution in [1.29, 1.82) is 0 Å². The third-order valence-corrected chi connectivity index (χ3v) is 3.80. The molecule has 1 aliphatic rings. The van der Waals surface area contributed by atoms with Crippen LogP contribution in [0.1, 0.15) is 19.4 Å². The van der Waals surface area contributed by atoms with Crippen LogP contribution in [0.5, 0.6) is 0 Å². The highest BCUT2D eigenvalue weighted by Gasteiger charge is 2.21. The Kier molecular flexibility index (Phi) is 5.59. The van der Waals surface area contributed by atoms with Crippen LogP contribution in [0, 0.1) is 0 Å². The van der Waals surface area contributed by atoms with Gasteiger partial charge in [0.05, 0.1) is 19.8 Å². The lowest BCUT2D eigenvalue weighted by Crippen LogP contribution is -2.47. The van der Waals surface area contributed by atoms with Gasteiger partial charge >= 0.3 is 0 Å². The van der Waals surface area contributed by atoms with Gasteiger partial charge in [-0.2, -0.15) is 0 Å². The molecule has 1 aromatic carbocycles. The van der Waals surface area contributed by atoms with Crippen molar-refractivity contribution in [2.45, 2.75) is 26.4 Å². The van der Waals surface area contributed by atoms with Crippen molar-refractivity contribution in [3.05, 3.63) is 29.8 Å². The molecule has 0 aromatic heterocycles. The summed E-state index contributed by atoms with van der Waals surface area (Å²) in [5.41, 5.74) is 7.65. The minimum absolute atomic E-state index is 0.183. The minimum Gasteiger partial charge on any atom is -0.399 e. The zero-order chi connectivity index (χ0) is 15.2. The average molecular weight is 291 g/mol. The van der Waals surface area contributed by atoms with Gasteiger partial charge in [-0.05, 0) is 31.5 Å². The fourth-order valence-corrected chi connectivity index (χ4v) is 2.37. The number of morpholine rings is 1. The summed E-state index contributed by atoms with van der Waals surface area (Å²) >= 11 is 0. The number of amides is 1. The highest BCUT2D eigenvalue weighted by atomic mass is 16.5. The summed E-state index contributed by atoms with van der Waals surface area (Å²) in [6.45, 7) is 8.12. The maximum absolute atomic E-state index is 12.4. The predicted molar refractivity (Wildman–Crippen MR) is 83.8 cm³/mol. The molecule has 1 aliphatic heterocycles. The Bertz CT molecular complexity index is 453. The van der Waals surface area contributed by atoms with Crippen LogP contribution in [0.25, 0.3) is 0 Å². The van der Waals surface area contributed by atoms with Crippen LogP contribution in [0.4, 0.5) is 5.69 Å². The van der Waals surface area contributed by atoms with E-state index in [-0.39, 0.29) is 5.91 Å². The molecule has 0 radical (unpaired) electrons. The number of hydrogen-bond acceptors (Lipinski definition) is 4. The molecule has 1 fully saturated rings. The maximum atomic E-state index is 12.4. The zero-order valence-electron chi connectivity index (χ0n) is 12.9. The molecule has 116 valence electrons. The molecule has 0 atom stereocenters. The Morgan fingerprint density at radius 3 is 2.48 bits per heavy atom.